The monoisotopic (exact) mass is 386 g/mol. The first-order chi connectivity index (χ1) is 12.5. The highest BCUT2D eigenvalue weighted by Gasteiger charge is 2.33. The Morgan fingerprint density at radius 1 is 1.35 bits per heavy atom. The Labute approximate surface area is 157 Å². The molecular formula is C16H10N4O4S2. The van der Waals surface area contributed by atoms with Crippen LogP contribution in [0.4, 0.5) is 5.69 Å². The average molecular weight is 386 g/mol. The van der Waals surface area contributed by atoms with Gasteiger partial charge in [-0.2, -0.15) is 5.01 Å². The third kappa shape index (κ3) is 3.76. The molecule has 2 aromatic rings. The summed E-state index contributed by atoms with van der Waals surface area (Å²) in [6.07, 6.45) is 4.82. The number of non-ortho nitro benzene ring substituents is 1. The van der Waals surface area contributed by atoms with E-state index >= 15 is 0 Å². The van der Waals surface area contributed by atoms with Crippen molar-refractivity contribution in [3.05, 3.63) is 74.9 Å². The number of nitro benzene ring substituents is 1. The Hall–Kier alpha value is -3.11. The molecule has 8 nitrogen and oxygen atoms in total. The number of nitrogens with zero attached hydrogens (tertiary/aromatic N) is 3. The maximum absolute atomic E-state index is 12.5. The van der Waals surface area contributed by atoms with E-state index in [1.807, 2.05) is 0 Å². The quantitative estimate of drug-likeness (QED) is 0.372. The van der Waals surface area contributed by atoms with Crippen LogP contribution in [0, 0.1) is 10.1 Å². The summed E-state index contributed by atoms with van der Waals surface area (Å²) in [4.78, 5) is 39.3. The topological polar surface area (TPSA) is 105 Å². The highest BCUT2D eigenvalue weighted by atomic mass is 32.2. The Morgan fingerprint density at radius 3 is 2.85 bits per heavy atom. The van der Waals surface area contributed by atoms with Crippen molar-refractivity contribution < 1.29 is 14.5 Å². The molecule has 1 fully saturated rings. The van der Waals surface area contributed by atoms with Crippen LogP contribution in [0.25, 0.3) is 6.08 Å². The van der Waals surface area contributed by atoms with E-state index in [0.29, 0.717) is 4.91 Å². The van der Waals surface area contributed by atoms with Gasteiger partial charge in [-0.25, -0.2) is 0 Å². The van der Waals surface area contributed by atoms with Crippen LogP contribution < -0.4 is 5.43 Å². The number of rotatable bonds is 4. The molecule has 0 saturated carbocycles. The lowest BCUT2D eigenvalue weighted by molar-refractivity contribution is -0.384. The average Bonchev–Trinajstić information content (AvgIpc) is 2.90. The van der Waals surface area contributed by atoms with Gasteiger partial charge in [0.15, 0.2) is 4.32 Å². The molecule has 0 aliphatic carbocycles. The van der Waals surface area contributed by atoms with E-state index in [0.717, 1.165) is 28.4 Å². The lowest BCUT2D eigenvalue weighted by atomic mass is 10.2. The van der Waals surface area contributed by atoms with Crippen LogP contribution in [0.1, 0.15) is 15.9 Å². The Balaban J connectivity index is 1.78. The van der Waals surface area contributed by atoms with E-state index in [4.69, 9.17) is 12.2 Å². The number of hydrazine groups is 1. The fraction of sp³-hybridized carbons (Fsp3) is 0. The molecule has 26 heavy (non-hydrogen) atoms. The number of carbonyl (C=O) groups excluding carboxylic acids is 2. The molecule has 1 saturated heterocycles. The zero-order chi connectivity index (χ0) is 18.7. The number of aromatic nitrogens is 1. The Bertz CT molecular complexity index is 946. The van der Waals surface area contributed by atoms with Crippen LogP contribution in [0.3, 0.4) is 0 Å². The second-order valence-electron chi connectivity index (χ2n) is 5.05. The van der Waals surface area contributed by atoms with E-state index in [1.54, 1.807) is 30.6 Å². The van der Waals surface area contributed by atoms with Gasteiger partial charge in [0.05, 0.1) is 9.83 Å². The molecule has 0 unspecified atom stereocenters. The number of nitro groups is 1. The van der Waals surface area contributed by atoms with Crippen LogP contribution in [0.2, 0.25) is 0 Å². The van der Waals surface area contributed by atoms with Crippen LogP contribution in [-0.4, -0.2) is 31.1 Å². The fourth-order valence-electron chi connectivity index (χ4n) is 2.10. The summed E-state index contributed by atoms with van der Waals surface area (Å²) in [6, 6.07) is 8.70. The first-order valence-electron chi connectivity index (χ1n) is 7.19. The Morgan fingerprint density at radius 2 is 2.15 bits per heavy atom. The smallest absolute Gasteiger partial charge is 0.267 e. The van der Waals surface area contributed by atoms with Crippen molar-refractivity contribution in [2.75, 3.05) is 0 Å². The predicted molar refractivity (Wildman–Crippen MR) is 99.8 cm³/mol. The SMILES string of the molecule is O=C(NN1C(=O)C(=Cc2cccnc2)SC1=S)c1cccc([N+](=O)[O-])c1. The standard InChI is InChI=1S/C16H10N4O4S2/c21-14(11-4-1-5-12(8-11)20(23)24)18-19-15(22)13(26-16(19)25)7-10-3-2-6-17-9-10/h1-9H,(H,18,21). The number of amides is 2. The summed E-state index contributed by atoms with van der Waals surface area (Å²) in [6.45, 7) is 0. The molecule has 0 atom stereocenters. The third-order valence-electron chi connectivity index (χ3n) is 3.31. The summed E-state index contributed by atoms with van der Waals surface area (Å²) in [7, 11) is 0. The number of thioether (sulfide) groups is 1. The van der Waals surface area contributed by atoms with Gasteiger partial charge >= 0.3 is 0 Å². The number of carbonyl (C=O) groups is 2. The summed E-state index contributed by atoms with van der Waals surface area (Å²) >= 11 is 6.18. The van der Waals surface area contributed by atoms with Crippen LogP contribution >= 0.6 is 24.0 Å². The molecular weight excluding hydrogens is 376 g/mol. The minimum atomic E-state index is -0.673. The molecule has 10 heteroatoms. The predicted octanol–water partition coefficient (Wildman–Crippen LogP) is 2.54. The molecule has 0 spiro atoms. The van der Waals surface area contributed by atoms with Crippen molar-refractivity contribution in [2.24, 2.45) is 0 Å². The fourth-order valence-corrected chi connectivity index (χ4v) is 3.28. The van der Waals surface area contributed by atoms with E-state index in [-0.39, 0.29) is 15.6 Å². The second-order valence-corrected chi connectivity index (χ2v) is 6.73. The lowest BCUT2D eigenvalue weighted by Gasteiger charge is -2.15. The van der Waals surface area contributed by atoms with Gasteiger partial charge in [-0.1, -0.05) is 23.9 Å². The summed E-state index contributed by atoms with van der Waals surface area (Å²) in [5.74, 6) is -1.16. The van der Waals surface area contributed by atoms with Gasteiger partial charge in [-0.05, 0) is 36.0 Å². The molecule has 1 aromatic heterocycles. The zero-order valence-electron chi connectivity index (χ0n) is 13.0. The highest BCUT2D eigenvalue weighted by molar-refractivity contribution is 8.26. The molecule has 2 amide bonds. The minimum Gasteiger partial charge on any atom is -0.267 e. The van der Waals surface area contributed by atoms with Crippen LogP contribution in [-0.2, 0) is 4.79 Å². The zero-order valence-corrected chi connectivity index (χ0v) is 14.6. The molecule has 3 rings (SSSR count). The minimum absolute atomic E-state index is 0.0458. The van der Waals surface area contributed by atoms with Gasteiger partial charge in [0, 0.05) is 30.1 Å². The summed E-state index contributed by atoms with van der Waals surface area (Å²) < 4.78 is 0.156. The van der Waals surface area contributed by atoms with Crippen molar-refractivity contribution in [1.29, 1.82) is 0 Å². The van der Waals surface area contributed by atoms with Gasteiger partial charge in [0.2, 0.25) is 0 Å². The van der Waals surface area contributed by atoms with Crippen LogP contribution in [0.15, 0.2) is 53.7 Å². The maximum Gasteiger partial charge on any atom is 0.285 e. The van der Waals surface area contributed by atoms with Gasteiger partial charge in [0.1, 0.15) is 0 Å². The van der Waals surface area contributed by atoms with E-state index in [9.17, 15) is 19.7 Å². The number of benzene rings is 1. The Kier molecular flexibility index (Phi) is 5.05. The molecule has 130 valence electrons. The van der Waals surface area contributed by atoms with E-state index in [2.05, 4.69) is 10.4 Å². The van der Waals surface area contributed by atoms with E-state index in [1.165, 1.54) is 18.2 Å². The molecule has 1 N–H and O–H groups in total. The first kappa shape index (κ1) is 17.7. The third-order valence-corrected chi connectivity index (χ3v) is 4.61. The molecule has 1 aliphatic rings. The molecule has 0 radical (unpaired) electrons. The lowest BCUT2D eigenvalue weighted by Crippen LogP contribution is -2.44. The summed E-state index contributed by atoms with van der Waals surface area (Å²) in [5.41, 5.74) is 2.92. The van der Waals surface area contributed by atoms with Gasteiger partial charge in [-0.15, -0.1) is 0 Å². The number of hydrogen-bond acceptors (Lipinski definition) is 7. The van der Waals surface area contributed by atoms with Crippen molar-refractivity contribution >= 4 is 51.9 Å². The normalized spacial score (nSPS) is 15.4. The largest absolute Gasteiger partial charge is 0.285 e. The number of hydrogen-bond donors (Lipinski definition) is 1. The van der Waals surface area contributed by atoms with Crippen molar-refractivity contribution in [2.45, 2.75) is 0 Å². The summed E-state index contributed by atoms with van der Waals surface area (Å²) in [5, 5.41) is 11.8. The number of thiocarbonyl (C=S) groups is 1. The van der Waals surface area contributed by atoms with Gasteiger partial charge in [-0.3, -0.25) is 30.1 Å². The van der Waals surface area contributed by atoms with Crippen molar-refractivity contribution in [3.63, 3.8) is 0 Å². The van der Waals surface area contributed by atoms with E-state index < -0.39 is 16.7 Å². The van der Waals surface area contributed by atoms with Crippen molar-refractivity contribution in [1.82, 2.24) is 15.4 Å². The first-order valence-corrected chi connectivity index (χ1v) is 8.41. The highest BCUT2D eigenvalue weighted by Crippen LogP contribution is 2.31. The van der Waals surface area contributed by atoms with Crippen LogP contribution in [0.5, 0.6) is 0 Å². The van der Waals surface area contributed by atoms with Crippen molar-refractivity contribution in [3.8, 4) is 0 Å². The molecule has 2 heterocycles. The molecule has 0 bridgehead atoms. The number of pyridine rings is 1. The molecule has 1 aromatic carbocycles. The number of nitrogens with one attached hydrogen (secondary N) is 1. The van der Waals surface area contributed by atoms with Gasteiger partial charge < -0.3 is 0 Å². The van der Waals surface area contributed by atoms with Gasteiger partial charge in [0.25, 0.3) is 17.5 Å². The second kappa shape index (κ2) is 7.42. The molecule has 1 aliphatic heterocycles. The maximum atomic E-state index is 12.5.